The molecule has 1 fully saturated rings. The first-order chi connectivity index (χ1) is 10.9. The van der Waals surface area contributed by atoms with Crippen LogP contribution in [0.5, 0.6) is 0 Å². The molecule has 2 rings (SSSR count). The molecule has 0 saturated heterocycles. The fourth-order valence-electron chi connectivity index (χ4n) is 2.99. The highest BCUT2D eigenvalue weighted by molar-refractivity contribution is 14.0. The van der Waals surface area contributed by atoms with Gasteiger partial charge in [-0.2, -0.15) is 0 Å². The fourth-order valence-corrected chi connectivity index (χ4v) is 3.26. The second-order valence-electron chi connectivity index (χ2n) is 6.65. The second-order valence-corrected chi connectivity index (χ2v) is 7.09. The lowest BCUT2D eigenvalue weighted by Gasteiger charge is -2.28. The molecule has 1 heterocycles. The SMILES string of the molecule is CN=C(NCCN(C(C)C)C1CC1)N(C)Cc1cc(Cl)cn1C.I. The molecule has 1 aliphatic carbocycles. The Balaban J connectivity index is 0.00000288. The van der Waals surface area contributed by atoms with E-state index in [2.05, 4.69) is 45.6 Å². The zero-order chi connectivity index (χ0) is 17.0. The molecule has 5 nitrogen and oxygen atoms in total. The van der Waals surface area contributed by atoms with Crippen molar-refractivity contribution in [3.05, 3.63) is 23.0 Å². The lowest BCUT2D eigenvalue weighted by molar-refractivity contribution is 0.214. The molecule has 7 heteroatoms. The van der Waals surface area contributed by atoms with E-state index in [1.54, 1.807) is 0 Å². The van der Waals surface area contributed by atoms with Crippen molar-refractivity contribution < 1.29 is 0 Å². The average molecular weight is 468 g/mol. The smallest absolute Gasteiger partial charge is 0.193 e. The molecule has 1 aromatic rings. The third kappa shape index (κ3) is 6.11. The van der Waals surface area contributed by atoms with Crippen LogP contribution in [0.3, 0.4) is 0 Å². The summed E-state index contributed by atoms with van der Waals surface area (Å²) >= 11 is 6.06. The lowest BCUT2D eigenvalue weighted by atomic mass is 10.3. The molecule has 138 valence electrons. The van der Waals surface area contributed by atoms with E-state index in [0.29, 0.717) is 6.04 Å². The van der Waals surface area contributed by atoms with Crippen LogP contribution in [0, 0.1) is 0 Å². The number of aliphatic imine (C=N–C) groups is 1. The van der Waals surface area contributed by atoms with E-state index >= 15 is 0 Å². The third-order valence-corrected chi connectivity index (χ3v) is 4.59. The molecule has 0 bridgehead atoms. The van der Waals surface area contributed by atoms with Gasteiger partial charge in [0, 0.05) is 58.2 Å². The lowest BCUT2D eigenvalue weighted by Crippen LogP contribution is -2.44. The van der Waals surface area contributed by atoms with Gasteiger partial charge in [0.1, 0.15) is 0 Å². The Morgan fingerprint density at radius 3 is 2.58 bits per heavy atom. The molecule has 0 aromatic carbocycles. The molecule has 1 N–H and O–H groups in total. The number of guanidine groups is 1. The highest BCUT2D eigenvalue weighted by Crippen LogP contribution is 2.27. The number of aromatic nitrogens is 1. The van der Waals surface area contributed by atoms with Crippen LogP contribution in [0.2, 0.25) is 5.02 Å². The van der Waals surface area contributed by atoms with Crippen molar-refractivity contribution in [2.45, 2.75) is 45.3 Å². The Bertz CT molecular complexity index is 537. The van der Waals surface area contributed by atoms with Gasteiger partial charge in [0.15, 0.2) is 5.96 Å². The van der Waals surface area contributed by atoms with Crippen LogP contribution in [0.15, 0.2) is 17.3 Å². The van der Waals surface area contributed by atoms with Crippen LogP contribution in [0.25, 0.3) is 0 Å². The van der Waals surface area contributed by atoms with Crippen molar-refractivity contribution >= 4 is 41.5 Å². The standard InChI is InChI=1S/C17H30ClN5.HI/c1-13(2)23(15-6-7-15)9-8-20-17(19-3)22(5)12-16-10-14(18)11-21(16)4;/h10-11,13,15H,6-9,12H2,1-5H3,(H,19,20);1H. The minimum atomic E-state index is 0. The largest absolute Gasteiger partial charge is 0.355 e. The predicted octanol–water partition coefficient (Wildman–Crippen LogP) is 3.18. The Morgan fingerprint density at radius 2 is 2.12 bits per heavy atom. The number of hydrogen-bond acceptors (Lipinski definition) is 2. The summed E-state index contributed by atoms with van der Waals surface area (Å²) in [7, 11) is 5.90. The fraction of sp³-hybridized carbons (Fsp3) is 0.706. The van der Waals surface area contributed by atoms with Gasteiger partial charge >= 0.3 is 0 Å². The van der Waals surface area contributed by atoms with Crippen molar-refractivity contribution in [1.82, 2.24) is 19.7 Å². The summed E-state index contributed by atoms with van der Waals surface area (Å²) in [5.41, 5.74) is 1.17. The van der Waals surface area contributed by atoms with Crippen LogP contribution >= 0.6 is 35.6 Å². The van der Waals surface area contributed by atoms with E-state index in [0.717, 1.165) is 36.7 Å². The van der Waals surface area contributed by atoms with E-state index in [-0.39, 0.29) is 24.0 Å². The first-order valence-electron chi connectivity index (χ1n) is 8.40. The maximum Gasteiger partial charge on any atom is 0.193 e. The minimum absolute atomic E-state index is 0. The van der Waals surface area contributed by atoms with E-state index in [9.17, 15) is 0 Å². The predicted molar refractivity (Wildman–Crippen MR) is 114 cm³/mol. The monoisotopic (exact) mass is 467 g/mol. The zero-order valence-corrected chi connectivity index (χ0v) is 18.5. The highest BCUT2D eigenvalue weighted by Gasteiger charge is 2.30. The highest BCUT2D eigenvalue weighted by atomic mass is 127. The van der Waals surface area contributed by atoms with Crippen molar-refractivity contribution in [2.24, 2.45) is 12.0 Å². The van der Waals surface area contributed by atoms with Crippen molar-refractivity contribution in [1.29, 1.82) is 0 Å². The van der Waals surface area contributed by atoms with Gasteiger partial charge in [0.05, 0.1) is 11.6 Å². The number of nitrogens with one attached hydrogen (secondary N) is 1. The molecule has 0 aliphatic heterocycles. The maximum absolute atomic E-state index is 6.06. The molecule has 1 aliphatic rings. The molecule has 1 aromatic heterocycles. The molecule has 0 atom stereocenters. The molecule has 0 unspecified atom stereocenters. The van der Waals surface area contributed by atoms with Crippen molar-refractivity contribution in [3.8, 4) is 0 Å². The van der Waals surface area contributed by atoms with E-state index in [1.807, 2.05) is 26.4 Å². The zero-order valence-electron chi connectivity index (χ0n) is 15.4. The van der Waals surface area contributed by atoms with Gasteiger partial charge in [-0.25, -0.2) is 0 Å². The molecular formula is C17H31ClIN5. The van der Waals surface area contributed by atoms with Gasteiger partial charge in [-0.05, 0) is 32.8 Å². The van der Waals surface area contributed by atoms with Gasteiger partial charge in [-0.1, -0.05) is 11.6 Å². The normalized spacial score (nSPS) is 14.9. The maximum atomic E-state index is 6.06. The van der Waals surface area contributed by atoms with E-state index in [1.165, 1.54) is 18.5 Å². The summed E-state index contributed by atoms with van der Waals surface area (Å²) in [6, 6.07) is 3.40. The summed E-state index contributed by atoms with van der Waals surface area (Å²) in [5.74, 6) is 0.918. The van der Waals surface area contributed by atoms with Crippen LogP contribution in [-0.2, 0) is 13.6 Å². The first kappa shape index (κ1) is 21.6. The van der Waals surface area contributed by atoms with Crippen LogP contribution < -0.4 is 5.32 Å². The van der Waals surface area contributed by atoms with E-state index in [4.69, 9.17) is 11.6 Å². The molecule has 24 heavy (non-hydrogen) atoms. The number of halogens is 2. The first-order valence-corrected chi connectivity index (χ1v) is 8.78. The molecule has 0 spiro atoms. The van der Waals surface area contributed by atoms with Gasteiger partial charge < -0.3 is 14.8 Å². The molecule has 0 amide bonds. The Hall–Kier alpha value is -0.470. The third-order valence-electron chi connectivity index (χ3n) is 4.38. The summed E-state index contributed by atoms with van der Waals surface area (Å²) in [6.07, 6.45) is 4.62. The number of nitrogens with zero attached hydrogens (tertiary/aromatic N) is 4. The van der Waals surface area contributed by atoms with Crippen molar-refractivity contribution in [3.63, 3.8) is 0 Å². The topological polar surface area (TPSA) is 35.8 Å². The minimum Gasteiger partial charge on any atom is -0.355 e. The van der Waals surface area contributed by atoms with Gasteiger partial charge in [0.2, 0.25) is 0 Å². The van der Waals surface area contributed by atoms with Crippen LogP contribution in [0.4, 0.5) is 0 Å². The summed E-state index contributed by atoms with van der Waals surface area (Å²) in [6.45, 7) is 7.31. The summed E-state index contributed by atoms with van der Waals surface area (Å²) in [4.78, 5) is 9.10. The van der Waals surface area contributed by atoms with Crippen LogP contribution in [-0.4, -0.2) is 59.6 Å². The number of aryl methyl sites for hydroxylation is 1. The van der Waals surface area contributed by atoms with Gasteiger partial charge in [-0.3, -0.25) is 9.89 Å². The molecule has 1 saturated carbocycles. The van der Waals surface area contributed by atoms with Gasteiger partial charge in [0.25, 0.3) is 0 Å². The summed E-state index contributed by atoms with van der Waals surface area (Å²) in [5, 5.41) is 4.25. The van der Waals surface area contributed by atoms with Crippen LogP contribution in [0.1, 0.15) is 32.4 Å². The second kappa shape index (κ2) is 9.87. The molecule has 0 radical (unpaired) electrons. The number of hydrogen-bond donors (Lipinski definition) is 1. The Morgan fingerprint density at radius 1 is 1.46 bits per heavy atom. The molecular weight excluding hydrogens is 437 g/mol. The van der Waals surface area contributed by atoms with Crippen molar-refractivity contribution in [2.75, 3.05) is 27.2 Å². The quantitative estimate of drug-likeness (QED) is 0.380. The summed E-state index contributed by atoms with van der Waals surface area (Å²) < 4.78 is 2.06. The van der Waals surface area contributed by atoms with Gasteiger partial charge in [-0.15, -0.1) is 24.0 Å². The van der Waals surface area contributed by atoms with E-state index < -0.39 is 0 Å². The average Bonchev–Trinajstić information content (AvgIpc) is 3.25. The number of rotatable bonds is 7. The Kier molecular flexibility index (Phi) is 8.87. The Labute approximate surface area is 168 Å².